The van der Waals surface area contributed by atoms with E-state index in [0.29, 0.717) is 0 Å². The number of fused-ring (bicyclic) bond motifs is 5. The number of benzene rings is 2. The second-order valence-electron chi connectivity index (χ2n) is 9.24. The molecule has 3 heterocycles. The smallest absolute Gasteiger partial charge is 0.411 e. The van der Waals surface area contributed by atoms with Gasteiger partial charge in [-0.1, -0.05) is 30.3 Å². The standard InChI is InChI=1S/C25H27NO3/c1-25(2,3)29-24(27)26-18-7-6-8-19(26)14-17(13-18)16-11-12-23-21(15-16)20-9-4-5-10-22(20)28-23/h4-5,9-13,15,18-19H,6-8,14H2,1-3H3. The molecule has 2 aliphatic rings. The lowest BCUT2D eigenvalue weighted by Gasteiger charge is -2.45. The van der Waals surface area contributed by atoms with Crippen molar-refractivity contribution in [1.29, 1.82) is 0 Å². The fourth-order valence-corrected chi connectivity index (χ4v) is 4.77. The van der Waals surface area contributed by atoms with Gasteiger partial charge in [0.1, 0.15) is 16.8 Å². The van der Waals surface area contributed by atoms with Crippen LogP contribution in [0.15, 0.2) is 53.0 Å². The Morgan fingerprint density at radius 1 is 1.07 bits per heavy atom. The minimum atomic E-state index is -0.469. The Labute approximate surface area is 171 Å². The molecule has 1 fully saturated rings. The normalized spacial score (nSPS) is 22.0. The number of hydrogen-bond donors (Lipinski definition) is 0. The van der Waals surface area contributed by atoms with Crippen LogP contribution in [0.25, 0.3) is 27.5 Å². The number of piperidine rings is 1. The largest absolute Gasteiger partial charge is 0.456 e. The molecule has 0 radical (unpaired) electrons. The molecule has 2 unspecified atom stereocenters. The Balaban J connectivity index is 1.51. The van der Waals surface area contributed by atoms with Gasteiger partial charge in [0.2, 0.25) is 0 Å². The molecular formula is C25H27NO3. The number of carbonyl (C=O) groups excluding carboxylic acids is 1. The summed E-state index contributed by atoms with van der Waals surface area (Å²) in [5, 5.41) is 2.30. The van der Waals surface area contributed by atoms with Crippen molar-refractivity contribution in [2.24, 2.45) is 0 Å². The summed E-state index contributed by atoms with van der Waals surface area (Å²) >= 11 is 0. The van der Waals surface area contributed by atoms with E-state index >= 15 is 0 Å². The van der Waals surface area contributed by atoms with Crippen molar-refractivity contribution in [2.45, 2.75) is 64.1 Å². The van der Waals surface area contributed by atoms with Crippen LogP contribution in [0, 0.1) is 0 Å². The maximum Gasteiger partial charge on any atom is 0.411 e. The molecule has 0 aliphatic carbocycles. The number of carbonyl (C=O) groups is 1. The zero-order valence-electron chi connectivity index (χ0n) is 17.3. The molecule has 0 saturated carbocycles. The molecule has 1 saturated heterocycles. The van der Waals surface area contributed by atoms with Gasteiger partial charge in [-0.25, -0.2) is 4.79 Å². The Morgan fingerprint density at radius 2 is 1.86 bits per heavy atom. The molecule has 2 bridgehead atoms. The first-order valence-corrected chi connectivity index (χ1v) is 10.5. The van der Waals surface area contributed by atoms with Crippen LogP contribution < -0.4 is 0 Å². The molecule has 2 atom stereocenters. The Kier molecular flexibility index (Phi) is 4.19. The average molecular weight is 389 g/mol. The van der Waals surface area contributed by atoms with Crippen LogP contribution in [0.2, 0.25) is 0 Å². The summed E-state index contributed by atoms with van der Waals surface area (Å²) in [7, 11) is 0. The van der Waals surface area contributed by atoms with Crippen LogP contribution in [0.5, 0.6) is 0 Å². The molecular weight excluding hydrogens is 362 g/mol. The van der Waals surface area contributed by atoms with Crippen LogP contribution in [-0.4, -0.2) is 28.7 Å². The number of nitrogens with zero attached hydrogens (tertiary/aromatic N) is 1. The third-order valence-electron chi connectivity index (χ3n) is 5.99. The number of para-hydroxylation sites is 1. The van der Waals surface area contributed by atoms with Gasteiger partial charge >= 0.3 is 6.09 Å². The predicted molar refractivity (Wildman–Crippen MR) is 116 cm³/mol. The highest BCUT2D eigenvalue weighted by molar-refractivity contribution is 6.05. The van der Waals surface area contributed by atoms with Crippen molar-refractivity contribution in [2.75, 3.05) is 0 Å². The summed E-state index contributed by atoms with van der Waals surface area (Å²) in [5.41, 5.74) is 3.92. The fourth-order valence-electron chi connectivity index (χ4n) is 4.77. The molecule has 150 valence electrons. The second kappa shape index (κ2) is 6.65. The van der Waals surface area contributed by atoms with Crippen LogP contribution in [0.1, 0.15) is 52.0 Å². The maximum absolute atomic E-state index is 12.8. The third-order valence-corrected chi connectivity index (χ3v) is 5.99. The van der Waals surface area contributed by atoms with Crippen LogP contribution >= 0.6 is 0 Å². The molecule has 1 amide bonds. The van der Waals surface area contributed by atoms with Gasteiger partial charge in [-0.3, -0.25) is 4.90 Å². The minimum Gasteiger partial charge on any atom is -0.456 e. The Morgan fingerprint density at radius 3 is 2.66 bits per heavy atom. The topological polar surface area (TPSA) is 42.7 Å². The quantitative estimate of drug-likeness (QED) is 0.475. The van der Waals surface area contributed by atoms with Gasteiger partial charge in [0, 0.05) is 16.8 Å². The molecule has 3 aromatic rings. The number of furan rings is 1. The fraction of sp³-hybridized carbons (Fsp3) is 0.400. The van der Waals surface area contributed by atoms with E-state index in [-0.39, 0.29) is 18.2 Å². The van der Waals surface area contributed by atoms with Gasteiger partial charge in [-0.05, 0) is 75.8 Å². The first-order chi connectivity index (χ1) is 13.9. The van der Waals surface area contributed by atoms with Crippen LogP contribution in [0.4, 0.5) is 4.79 Å². The Hall–Kier alpha value is -2.75. The first-order valence-electron chi connectivity index (χ1n) is 10.5. The molecule has 2 aromatic carbocycles. The summed E-state index contributed by atoms with van der Waals surface area (Å²) in [6, 6.07) is 15.0. The van der Waals surface area contributed by atoms with Crippen molar-refractivity contribution < 1.29 is 13.9 Å². The molecule has 1 aromatic heterocycles. The van der Waals surface area contributed by atoms with Gasteiger partial charge in [0.15, 0.2) is 0 Å². The number of ether oxygens (including phenoxy) is 1. The van der Waals surface area contributed by atoms with Crippen molar-refractivity contribution in [3.8, 4) is 0 Å². The summed E-state index contributed by atoms with van der Waals surface area (Å²) in [5.74, 6) is 0. The molecule has 0 N–H and O–H groups in total. The third kappa shape index (κ3) is 3.31. The monoisotopic (exact) mass is 389 g/mol. The predicted octanol–water partition coefficient (Wildman–Crippen LogP) is 6.53. The lowest BCUT2D eigenvalue weighted by Crippen LogP contribution is -2.53. The summed E-state index contributed by atoms with van der Waals surface area (Å²) in [4.78, 5) is 14.8. The van der Waals surface area contributed by atoms with Crippen molar-refractivity contribution >= 4 is 33.6 Å². The number of hydrogen-bond acceptors (Lipinski definition) is 3. The SMILES string of the molecule is CC(C)(C)OC(=O)N1C2C=C(c3ccc4oc5ccccc5c4c3)CC1CCC2. The van der Waals surface area contributed by atoms with Crippen LogP contribution in [0.3, 0.4) is 0 Å². The van der Waals surface area contributed by atoms with E-state index in [9.17, 15) is 4.79 Å². The molecule has 0 spiro atoms. The summed E-state index contributed by atoms with van der Waals surface area (Å²) in [6.07, 6.45) is 6.16. The molecule has 4 heteroatoms. The summed E-state index contributed by atoms with van der Waals surface area (Å²) in [6.45, 7) is 5.78. The van der Waals surface area contributed by atoms with E-state index in [2.05, 4.69) is 30.3 Å². The van der Waals surface area contributed by atoms with Crippen molar-refractivity contribution in [3.05, 3.63) is 54.1 Å². The molecule has 5 rings (SSSR count). The molecule has 2 aliphatic heterocycles. The van der Waals surface area contributed by atoms with Gasteiger partial charge < -0.3 is 9.15 Å². The maximum atomic E-state index is 12.8. The van der Waals surface area contributed by atoms with E-state index < -0.39 is 5.60 Å². The van der Waals surface area contributed by atoms with Crippen molar-refractivity contribution in [1.82, 2.24) is 4.90 Å². The number of rotatable bonds is 1. The van der Waals surface area contributed by atoms with Crippen LogP contribution in [-0.2, 0) is 4.74 Å². The van der Waals surface area contributed by atoms with Crippen molar-refractivity contribution in [3.63, 3.8) is 0 Å². The van der Waals surface area contributed by atoms with E-state index in [4.69, 9.17) is 9.15 Å². The second-order valence-corrected chi connectivity index (χ2v) is 9.24. The average Bonchev–Trinajstić information content (AvgIpc) is 3.03. The van der Waals surface area contributed by atoms with E-state index in [1.54, 1.807) is 0 Å². The summed E-state index contributed by atoms with van der Waals surface area (Å²) < 4.78 is 11.7. The first kappa shape index (κ1) is 18.3. The van der Waals surface area contributed by atoms with Gasteiger partial charge in [0.05, 0.1) is 6.04 Å². The minimum absolute atomic E-state index is 0.115. The molecule has 29 heavy (non-hydrogen) atoms. The zero-order chi connectivity index (χ0) is 20.2. The molecule has 4 nitrogen and oxygen atoms in total. The Bertz CT molecular complexity index is 1120. The van der Waals surface area contributed by atoms with E-state index in [1.807, 2.05) is 43.9 Å². The number of amides is 1. The van der Waals surface area contributed by atoms with E-state index in [1.165, 1.54) is 11.1 Å². The van der Waals surface area contributed by atoms with Gasteiger partial charge in [0.25, 0.3) is 0 Å². The lowest BCUT2D eigenvalue weighted by atomic mass is 9.83. The zero-order valence-corrected chi connectivity index (χ0v) is 17.3. The van der Waals surface area contributed by atoms with Gasteiger partial charge in [-0.2, -0.15) is 0 Å². The van der Waals surface area contributed by atoms with Gasteiger partial charge in [-0.15, -0.1) is 0 Å². The highest BCUT2D eigenvalue weighted by Gasteiger charge is 2.39. The van der Waals surface area contributed by atoms with E-state index in [0.717, 1.165) is 47.6 Å². The highest BCUT2D eigenvalue weighted by Crippen LogP contribution is 2.39. The lowest BCUT2D eigenvalue weighted by molar-refractivity contribution is 0.0000853. The highest BCUT2D eigenvalue weighted by atomic mass is 16.6.